The van der Waals surface area contributed by atoms with E-state index in [1.54, 1.807) is 23.6 Å². The van der Waals surface area contributed by atoms with Crippen LogP contribution >= 0.6 is 11.3 Å². The molecule has 1 N–H and O–H groups in total. The zero-order chi connectivity index (χ0) is 14.9. The zero-order valence-electron chi connectivity index (χ0n) is 11.4. The predicted molar refractivity (Wildman–Crippen MR) is 80.0 cm³/mol. The maximum absolute atomic E-state index is 12.6. The van der Waals surface area contributed by atoms with Crippen LogP contribution in [-0.2, 0) is 14.6 Å². The molecule has 1 aromatic carbocycles. The third-order valence-corrected chi connectivity index (χ3v) is 5.75. The predicted octanol–water partition coefficient (Wildman–Crippen LogP) is 3.16. The van der Waals surface area contributed by atoms with Crippen molar-refractivity contribution in [3.8, 4) is 0 Å². The molecule has 0 saturated heterocycles. The van der Waals surface area contributed by atoms with E-state index in [1.165, 1.54) is 24.3 Å². The summed E-state index contributed by atoms with van der Waals surface area (Å²) in [5.74, 6) is -0.288. The van der Waals surface area contributed by atoms with Crippen LogP contribution < -0.4 is 5.32 Å². The number of carbonyl (C=O) groups excluding carboxylic acids is 1. The standard InChI is InChI=1S/C14H15NO3S2/c1-9-4-5-12(8-10(9)2)20(17,18)13-6-7-19-14(13)15-11(3)16/h4-8H,1-3H3,(H,15,16). The second-order valence-corrected chi connectivity index (χ2v) is 7.38. The summed E-state index contributed by atoms with van der Waals surface area (Å²) in [6.45, 7) is 5.15. The minimum atomic E-state index is -3.62. The Hall–Kier alpha value is -1.66. The molecule has 6 heteroatoms. The lowest BCUT2D eigenvalue weighted by molar-refractivity contribution is -0.114. The molecule has 20 heavy (non-hydrogen) atoms. The summed E-state index contributed by atoms with van der Waals surface area (Å²) < 4.78 is 25.2. The number of carbonyl (C=O) groups is 1. The number of hydrogen-bond donors (Lipinski definition) is 1. The summed E-state index contributed by atoms with van der Waals surface area (Å²) >= 11 is 1.20. The number of thiophene rings is 1. The van der Waals surface area contributed by atoms with Crippen molar-refractivity contribution in [2.75, 3.05) is 5.32 Å². The van der Waals surface area contributed by atoms with Crippen LogP contribution in [0.5, 0.6) is 0 Å². The smallest absolute Gasteiger partial charge is 0.221 e. The molecule has 0 fully saturated rings. The fraction of sp³-hybridized carbons (Fsp3) is 0.214. The van der Waals surface area contributed by atoms with Gasteiger partial charge in [0, 0.05) is 6.92 Å². The minimum absolute atomic E-state index is 0.140. The molecule has 0 aliphatic carbocycles. The van der Waals surface area contributed by atoms with Gasteiger partial charge in [-0.3, -0.25) is 4.79 Å². The Bertz CT molecular complexity index is 760. The Morgan fingerprint density at radius 3 is 2.45 bits per heavy atom. The van der Waals surface area contributed by atoms with Gasteiger partial charge in [0.15, 0.2) is 0 Å². The van der Waals surface area contributed by atoms with Crippen molar-refractivity contribution >= 4 is 32.1 Å². The molecule has 1 aromatic heterocycles. The minimum Gasteiger partial charge on any atom is -0.317 e. The van der Waals surface area contributed by atoms with Crippen LogP contribution in [0.4, 0.5) is 5.00 Å². The first-order chi connectivity index (χ1) is 9.32. The first-order valence-corrected chi connectivity index (χ1v) is 8.36. The third-order valence-electron chi connectivity index (χ3n) is 3.00. The number of sulfone groups is 1. The highest BCUT2D eigenvalue weighted by Crippen LogP contribution is 2.32. The molecule has 2 aromatic rings. The number of aryl methyl sites for hydroxylation is 2. The van der Waals surface area contributed by atoms with Gasteiger partial charge in [0.1, 0.15) is 9.90 Å². The maximum Gasteiger partial charge on any atom is 0.221 e. The third kappa shape index (κ3) is 2.76. The fourth-order valence-corrected chi connectivity index (χ4v) is 4.43. The number of benzene rings is 1. The van der Waals surface area contributed by atoms with E-state index in [4.69, 9.17) is 0 Å². The quantitative estimate of drug-likeness (QED) is 0.947. The van der Waals surface area contributed by atoms with Gasteiger partial charge in [0.05, 0.1) is 4.90 Å². The molecule has 1 heterocycles. The van der Waals surface area contributed by atoms with Crippen molar-refractivity contribution in [2.45, 2.75) is 30.6 Å². The summed E-state index contributed by atoms with van der Waals surface area (Å²) in [6.07, 6.45) is 0. The summed E-state index contributed by atoms with van der Waals surface area (Å²) in [4.78, 5) is 11.5. The van der Waals surface area contributed by atoms with Crippen LogP contribution in [0.2, 0.25) is 0 Å². The van der Waals surface area contributed by atoms with Gasteiger partial charge in [-0.2, -0.15) is 0 Å². The zero-order valence-corrected chi connectivity index (χ0v) is 13.1. The van der Waals surface area contributed by atoms with Crippen molar-refractivity contribution in [2.24, 2.45) is 0 Å². The Kier molecular flexibility index (Phi) is 3.96. The van der Waals surface area contributed by atoms with E-state index < -0.39 is 9.84 Å². The van der Waals surface area contributed by atoms with Crippen molar-refractivity contribution < 1.29 is 13.2 Å². The SMILES string of the molecule is CC(=O)Nc1sccc1S(=O)(=O)c1ccc(C)c(C)c1. The van der Waals surface area contributed by atoms with Gasteiger partial charge in [0.2, 0.25) is 15.7 Å². The van der Waals surface area contributed by atoms with Gasteiger partial charge in [-0.25, -0.2) is 8.42 Å². The van der Waals surface area contributed by atoms with Crippen molar-refractivity contribution in [1.82, 2.24) is 0 Å². The average Bonchev–Trinajstić information content (AvgIpc) is 2.80. The molecular formula is C14H15NO3S2. The summed E-state index contributed by atoms with van der Waals surface area (Å²) in [5.41, 5.74) is 1.96. The number of rotatable bonds is 3. The van der Waals surface area contributed by atoms with Crippen molar-refractivity contribution in [3.05, 3.63) is 40.8 Å². The Morgan fingerprint density at radius 2 is 1.85 bits per heavy atom. The molecule has 0 bridgehead atoms. The molecule has 0 atom stereocenters. The Labute approximate surface area is 122 Å². The first-order valence-electron chi connectivity index (χ1n) is 6.00. The molecule has 0 aliphatic rings. The van der Waals surface area contributed by atoms with Crippen LogP contribution in [0.1, 0.15) is 18.1 Å². The highest BCUT2D eigenvalue weighted by atomic mass is 32.2. The lowest BCUT2D eigenvalue weighted by Crippen LogP contribution is -2.09. The van der Waals surface area contributed by atoms with Crippen LogP contribution in [0.3, 0.4) is 0 Å². The second kappa shape index (κ2) is 5.38. The van der Waals surface area contributed by atoms with E-state index in [-0.39, 0.29) is 15.7 Å². The van der Waals surface area contributed by atoms with Crippen LogP contribution in [0, 0.1) is 13.8 Å². The Balaban J connectivity index is 2.52. The van der Waals surface area contributed by atoms with E-state index >= 15 is 0 Å². The summed E-state index contributed by atoms with van der Waals surface area (Å²) in [7, 11) is -3.62. The lowest BCUT2D eigenvalue weighted by Gasteiger charge is -2.08. The lowest BCUT2D eigenvalue weighted by atomic mass is 10.1. The molecule has 0 aliphatic heterocycles. The highest BCUT2D eigenvalue weighted by molar-refractivity contribution is 7.91. The largest absolute Gasteiger partial charge is 0.317 e. The van der Waals surface area contributed by atoms with E-state index in [0.717, 1.165) is 11.1 Å². The number of nitrogens with one attached hydrogen (secondary N) is 1. The van der Waals surface area contributed by atoms with Gasteiger partial charge in [-0.15, -0.1) is 11.3 Å². The maximum atomic E-state index is 12.6. The average molecular weight is 309 g/mol. The number of anilines is 1. The van der Waals surface area contributed by atoms with E-state index in [0.29, 0.717) is 5.00 Å². The summed E-state index contributed by atoms with van der Waals surface area (Å²) in [6, 6.07) is 6.54. The normalized spacial score (nSPS) is 11.3. The summed E-state index contributed by atoms with van der Waals surface area (Å²) in [5, 5.41) is 4.56. The van der Waals surface area contributed by atoms with Gasteiger partial charge >= 0.3 is 0 Å². The van der Waals surface area contributed by atoms with Gasteiger partial charge in [0.25, 0.3) is 0 Å². The molecule has 2 rings (SSSR count). The first kappa shape index (κ1) is 14.7. The number of hydrogen-bond acceptors (Lipinski definition) is 4. The van der Waals surface area contributed by atoms with Crippen molar-refractivity contribution in [3.63, 3.8) is 0 Å². The monoisotopic (exact) mass is 309 g/mol. The molecule has 1 amide bonds. The van der Waals surface area contributed by atoms with Gasteiger partial charge in [-0.1, -0.05) is 6.07 Å². The Morgan fingerprint density at radius 1 is 1.15 bits per heavy atom. The topological polar surface area (TPSA) is 63.2 Å². The molecular weight excluding hydrogens is 294 g/mol. The molecule has 0 unspecified atom stereocenters. The van der Waals surface area contributed by atoms with Crippen molar-refractivity contribution in [1.29, 1.82) is 0 Å². The number of amides is 1. The van der Waals surface area contributed by atoms with E-state index in [1.807, 2.05) is 13.8 Å². The van der Waals surface area contributed by atoms with E-state index in [9.17, 15) is 13.2 Å². The van der Waals surface area contributed by atoms with Crippen LogP contribution in [0.15, 0.2) is 39.4 Å². The van der Waals surface area contributed by atoms with Gasteiger partial charge in [-0.05, 0) is 48.6 Å². The van der Waals surface area contributed by atoms with Crippen LogP contribution in [-0.4, -0.2) is 14.3 Å². The highest BCUT2D eigenvalue weighted by Gasteiger charge is 2.23. The van der Waals surface area contributed by atoms with Crippen LogP contribution in [0.25, 0.3) is 0 Å². The fourth-order valence-electron chi connectivity index (χ4n) is 1.77. The second-order valence-electron chi connectivity index (χ2n) is 4.54. The van der Waals surface area contributed by atoms with Gasteiger partial charge < -0.3 is 5.32 Å². The van der Waals surface area contributed by atoms with E-state index in [2.05, 4.69) is 5.32 Å². The molecule has 4 nitrogen and oxygen atoms in total. The molecule has 0 radical (unpaired) electrons. The molecule has 0 saturated carbocycles. The molecule has 106 valence electrons. The molecule has 0 spiro atoms.